The average molecular weight is 102 g/mol. The van der Waals surface area contributed by atoms with Crippen molar-refractivity contribution >= 4 is 6.21 Å². The predicted molar refractivity (Wildman–Crippen MR) is 28.8 cm³/mol. The van der Waals surface area contributed by atoms with Gasteiger partial charge in [0, 0.05) is 6.54 Å². The molecule has 0 spiro atoms. The Bertz CT molecular complexity index is 60.7. The summed E-state index contributed by atoms with van der Waals surface area (Å²) >= 11 is 0. The van der Waals surface area contributed by atoms with Crippen molar-refractivity contribution in [2.75, 3.05) is 20.6 Å². The van der Waals surface area contributed by atoms with E-state index in [4.69, 9.17) is 5.21 Å². The molecule has 0 aromatic heterocycles. The van der Waals surface area contributed by atoms with Crippen LogP contribution in [0.1, 0.15) is 0 Å². The van der Waals surface area contributed by atoms with Crippen LogP contribution in [0.15, 0.2) is 5.16 Å². The first-order chi connectivity index (χ1) is 3.27. The van der Waals surface area contributed by atoms with Crippen LogP contribution in [-0.2, 0) is 0 Å². The Morgan fingerprint density at radius 3 is 2.43 bits per heavy atom. The SMILES string of the molecule is CN(C)C/C=N/O. The highest BCUT2D eigenvalue weighted by Crippen LogP contribution is 1.65. The van der Waals surface area contributed by atoms with Crippen LogP contribution >= 0.6 is 0 Å². The lowest BCUT2D eigenvalue weighted by atomic mass is 10.7. The van der Waals surface area contributed by atoms with E-state index in [0.29, 0.717) is 6.54 Å². The Balaban J connectivity index is 2.97. The molecule has 7 heavy (non-hydrogen) atoms. The van der Waals surface area contributed by atoms with Crippen LogP contribution in [0, 0.1) is 0 Å². The number of oxime groups is 1. The highest BCUT2D eigenvalue weighted by atomic mass is 16.4. The van der Waals surface area contributed by atoms with Gasteiger partial charge in [0.2, 0.25) is 0 Å². The molecular weight excluding hydrogens is 92.1 g/mol. The summed E-state index contributed by atoms with van der Waals surface area (Å²) in [7, 11) is 3.81. The zero-order chi connectivity index (χ0) is 5.70. The number of hydrogen-bond donors (Lipinski definition) is 1. The number of hydrogen-bond acceptors (Lipinski definition) is 3. The summed E-state index contributed by atoms with van der Waals surface area (Å²) in [6.45, 7) is 0.691. The molecule has 0 rings (SSSR count). The van der Waals surface area contributed by atoms with E-state index in [-0.39, 0.29) is 0 Å². The van der Waals surface area contributed by atoms with Crippen molar-refractivity contribution in [3.63, 3.8) is 0 Å². The molecule has 0 bridgehead atoms. The minimum Gasteiger partial charge on any atom is -0.411 e. The molecule has 0 saturated heterocycles. The minimum atomic E-state index is 0.691. The number of nitrogens with zero attached hydrogens (tertiary/aromatic N) is 2. The van der Waals surface area contributed by atoms with Gasteiger partial charge in [-0.3, -0.25) is 0 Å². The first-order valence-electron chi connectivity index (χ1n) is 2.08. The predicted octanol–water partition coefficient (Wildman–Crippen LogP) is 0.00800. The molecule has 0 amide bonds. The van der Waals surface area contributed by atoms with Crippen molar-refractivity contribution in [3.05, 3.63) is 0 Å². The molecule has 0 unspecified atom stereocenters. The zero-order valence-corrected chi connectivity index (χ0v) is 4.63. The van der Waals surface area contributed by atoms with Gasteiger partial charge in [0.05, 0.1) is 6.21 Å². The smallest absolute Gasteiger partial charge is 0.0576 e. The average Bonchev–Trinajstić information content (AvgIpc) is 1.61. The van der Waals surface area contributed by atoms with Crippen molar-refractivity contribution in [3.8, 4) is 0 Å². The largest absolute Gasteiger partial charge is 0.411 e. The first kappa shape index (κ1) is 6.43. The highest BCUT2D eigenvalue weighted by molar-refractivity contribution is 5.58. The highest BCUT2D eigenvalue weighted by Gasteiger charge is 1.79. The van der Waals surface area contributed by atoms with Gasteiger partial charge in [-0.15, -0.1) is 5.16 Å². The number of rotatable bonds is 2. The quantitative estimate of drug-likeness (QED) is 0.303. The van der Waals surface area contributed by atoms with Crippen LogP contribution in [0.4, 0.5) is 0 Å². The molecule has 0 aromatic rings. The van der Waals surface area contributed by atoms with Gasteiger partial charge in [-0.05, 0) is 14.1 Å². The topological polar surface area (TPSA) is 35.8 Å². The van der Waals surface area contributed by atoms with Crippen LogP contribution in [0.3, 0.4) is 0 Å². The van der Waals surface area contributed by atoms with E-state index in [1.807, 2.05) is 19.0 Å². The molecule has 0 heterocycles. The summed E-state index contributed by atoms with van der Waals surface area (Å²) in [6.07, 6.45) is 1.43. The van der Waals surface area contributed by atoms with Gasteiger partial charge in [-0.2, -0.15) is 0 Å². The summed E-state index contributed by atoms with van der Waals surface area (Å²) in [5, 5.41) is 10.7. The molecule has 0 aliphatic heterocycles. The van der Waals surface area contributed by atoms with E-state index in [9.17, 15) is 0 Å². The fraction of sp³-hybridized carbons (Fsp3) is 0.750. The molecule has 42 valence electrons. The Morgan fingerprint density at radius 2 is 2.29 bits per heavy atom. The summed E-state index contributed by atoms with van der Waals surface area (Å²) in [5.41, 5.74) is 0. The zero-order valence-electron chi connectivity index (χ0n) is 4.63. The third kappa shape index (κ3) is 5.43. The van der Waals surface area contributed by atoms with Gasteiger partial charge in [-0.25, -0.2) is 0 Å². The molecule has 0 radical (unpaired) electrons. The molecule has 0 saturated carbocycles. The monoisotopic (exact) mass is 102 g/mol. The van der Waals surface area contributed by atoms with Crippen molar-refractivity contribution in [1.82, 2.24) is 4.90 Å². The summed E-state index contributed by atoms with van der Waals surface area (Å²) in [4.78, 5) is 1.90. The van der Waals surface area contributed by atoms with E-state index in [1.54, 1.807) is 0 Å². The van der Waals surface area contributed by atoms with Crippen molar-refractivity contribution < 1.29 is 5.21 Å². The molecule has 0 atom stereocenters. The molecule has 0 aliphatic carbocycles. The first-order valence-corrected chi connectivity index (χ1v) is 2.08. The van der Waals surface area contributed by atoms with E-state index >= 15 is 0 Å². The fourth-order valence-corrected chi connectivity index (χ4v) is 0.200. The van der Waals surface area contributed by atoms with Gasteiger partial charge >= 0.3 is 0 Å². The second-order valence-corrected chi connectivity index (χ2v) is 1.56. The summed E-state index contributed by atoms with van der Waals surface area (Å²) < 4.78 is 0. The molecular formula is C4H10N2O. The maximum absolute atomic E-state index is 7.86. The van der Waals surface area contributed by atoms with E-state index in [2.05, 4.69) is 5.16 Å². The second-order valence-electron chi connectivity index (χ2n) is 1.56. The molecule has 0 aliphatic rings. The summed E-state index contributed by atoms with van der Waals surface area (Å²) in [6, 6.07) is 0. The minimum absolute atomic E-state index is 0.691. The normalized spacial score (nSPS) is 11.3. The molecule has 0 aromatic carbocycles. The van der Waals surface area contributed by atoms with Crippen molar-refractivity contribution in [1.29, 1.82) is 0 Å². The lowest BCUT2D eigenvalue weighted by molar-refractivity contribution is 0.318. The van der Waals surface area contributed by atoms with Gasteiger partial charge < -0.3 is 10.1 Å². The van der Waals surface area contributed by atoms with Crippen LogP contribution < -0.4 is 0 Å². The maximum atomic E-state index is 7.86. The third-order valence-electron chi connectivity index (χ3n) is 0.528. The van der Waals surface area contributed by atoms with Gasteiger partial charge in [-0.1, -0.05) is 0 Å². The lowest BCUT2D eigenvalue weighted by Crippen LogP contribution is -2.13. The van der Waals surface area contributed by atoms with Crippen molar-refractivity contribution in [2.24, 2.45) is 5.16 Å². The van der Waals surface area contributed by atoms with Gasteiger partial charge in [0.1, 0.15) is 0 Å². The van der Waals surface area contributed by atoms with Crippen molar-refractivity contribution in [2.45, 2.75) is 0 Å². The fourth-order valence-electron chi connectivity index (χ4n) is 0.200. The van der Waals surface area contributed by atoms with E-state index in [1.165, 1.54) is 6.21 Å². The van der Waals surface area contributed by atoms with Crippen LogP contribution in [0.2, 0.25) is 0 Å². The Labute approximate surface area is 43.2 Å². The molecule has 3 heteroatoms. The third-order valence-corrected chi connectivity index (χ3v) is 0.528. The van der Waals surface area contributed by atoms with E-state index < -0.39 is 0 Å². The molecule has 3 nitrogen and oxygen atoms in total. The summed E-state index contributed by atoms with van der Waals surface area (Å²) in [5.74, 6) is 0. The Kier molecular flexibility index (Phi) is 3.32. The molecule has 0 fully saturated rings. The Morgan fingerprint density at radius 1 is 1.71 bits per heavy atom. The van der Waals surface area contributed by atoms with Crippen LogP contribution in [0.25, 0.3) is 0 Å². The second kappa shape index (κ2) is 3.61. The lowest BCUT2D eigenvalue weighted by Gasteiger charge is -2.00. The van der Waals surface area contributed by atoms with Crippen LogP contribution in [-0.4, -0.2) is 37.0 Å². The standard InChI is InChI=1S/C4H10N2O/c1-6(2)4-3-5-7/h3,7H,4H2,1-2H3/b5-3+. The maximum Gasteiger partial charge on any atom is 0.0576 e. The van der Waals surface area contributed by atoms with Gasteiger partial charge in [0.25, 0.3) is 0 Å². The Hall–Kier alpha value is -0.570. The van der Waals surface area contributed by atoms with E-state index in [0.717, 1.165) is 0 Å². The van der Waals surface area contributed by atoms with Gasteiger partial charge in [0.15, 0.2) is 0 Å². The molecule has 1 N–H and O–H groups in total. The van der Waals surface area contributed by atoms with Crippen LogP contribution in [0.5, 0.6) is 0 Å².